The molecule has 2 aliphatic heterocycles. The minimum atomic E-state index is 0.117. The lowest BCUT2D eigenvalue weighted by molar-refractivity contribution is -0.0802. The Morgan fingerprint density at radius 3 is 2.54 bits per heavy atom. The van der Waals surface area contributed by atoms with Crippen LogP contribution in [0.15, 0.2) is 0 Å². The summed E-state index contributed by atoms with van der Waals surface area (Å²) in [6, 6.07) is 0.797. The normalized spacial score (nSPS) is 35.1. The highest BCUT2D eigenvalue weighted by Gasteiger charge is 2.32. The maximum atomic E-state index is 5.73. The first-order valence-corrected chi connectivity index (χ1v) is 5.55. The fraction of sp³-hybridized carbons (Fsp3) is 1.00. The van der Waals surface area contributed by atoms with Crippen LogP contribution in [0.1, 0.15) is 39.5 Å². The van der Waals surface area contributed by atoms with Crippen molar-refractivity contribution in [3.05, 3.63) is 0 Å². The molecule has 0 spiro atoms. The fourth-order valence-electron chi connectivity index (χ4n) is 2.62. The zero-order valence-corrected chi connectivity index (χ0v) is 8.88. The summed E-state index contributed by atoms with van der Waals surface area (Å²) < 4.78 is 5.73. The SMILES string of the molecule is CC1(C)CC(N2CCCC2)CCO1. The molecule has 0 aromatic heterocycles. The van der Waals surface area contributed by atoms with E-state index in [2.05, 4.69) is 18.7 Å². The first-order valence-electron chi connectivity index (χ1n) is 5.55. The van der Waals surface area contributed by atoms with Crippen LogP contribution < -0.4 is 0 Å². The second kappa shape index (κ2) is 3.58. The van der Waals surface area contributed by atoms with E-state index in [-0.39, 0.29) is 5.60 Å². The van der Waals surface area contributed by atoms with Crippen LogP contribution in [-0.4, -0.2) is 36.2 Å². The molecule has 0 saturated carbocycles. The molecule has 0 aromatic carbocycles. The van der Waals surface area contributed by atoms with Crippen LogP contribution in [0.4, 0.5) is 0 Å². The summed E-state index contributed by atoms with van der Waals surface area (Å²) in [6.45, 7) is 8.03. The van der Waals surface area contributed by atoms with E-state index in [1.54, 1.807) is 0 Å². The van der Waals surface area contributed by atoms with E-state index in [9.17, 15) is 0 Å². The second-order valence-electron chi connectivity index (χ2n) is 5.00. The predicted octanol–water partition coefficient (Wildman–Crippen LogP) is 2.04. The van der Waals surface area contributed by atoms with Crippen LogP contribution in [0, 0.1) is 0 Å². The smallest absolute Gasteiger partial charge is 0.0641 e. The zero-order chi connectivity index (χ0) is 9.31. The van der Waals surface area contributed by atoms with Crippen LogP contribution in [0.3, 0.4) is 0 Å². The van der Waals surface area contributed by atoms with Crippen molar-refractivity contribution in [3.8, 4) is 0 Å². The van der Waals surface area contributed by atoms with Crippen molar-refractivity contribution in [3.63, 3.8) is 0 Å². The van der Waals surface area contributed by atoms with Gasteiger partial charge in [0, 0.05) is 12.6 Å². The molecule has 0 aliphatic carbocycles. The molecule has 2 saturated heterocycles. The van der Waals surface area contributed by atoms with Gasteiger partial charge in [0.1, 0.15) is 0 Å². The number of likely N-dealkylation sites (tertiary alicyclic amines) is 1. The van der Waals surface area contributed by atoms with Crippen LogP contribution >= 0.6 is 0 Å². The molecule has 0 amide bonds. The molecular weight excluding hydrogens is 162 g/mol. The lowest BCUT2D eigenvalue weighted by Gasteiger charge is -2.39. The van der Waals surface area contributed by atoms with Crippen molar-refractivity contribution >= 4 is 0 Å². The third kappa shape index (κ3) is 2.23. The average molecular weight is 183 g/mol. The second-order valence-corrected chi connectivity index (χ2v) is 5.00. The van der Waals surface area contributed by atoms with E-state index < -0.39 is 0 Å². The first-order chi connectivity index (χ1) is 6.17. The van der Waals surface area contributed by atoms with E-state index in [1.165, 1.54) is 38.8 Å². The number of hydrogen-bond donors (Lipinski definition) is 0. The Hall–Kier alpha value is -0.0800. The summed E-state index contributed by atoms with van der Waals surface area (Å²) in [7, 11) is 0. The van der Waals surface area contributed by atoms with E-state index >= 15 is 0 Å². The van der Waals surface area contributed by atoms with Gasteiger partial charge in [0.25, 0.3) is 0 Å². The van der Waals surface area contributed by atoms with Crippen molar-refractivity contribution in [2.45, 2.75) is 51.2 Å². The molecule has 2 heteroatoms. The van der Waals surface area contributed by atoms with Gasteiger partial charge in [-0.05, 0) is 52.6 Å². The van der Waals surface area contributed by atoms with Crippen LogP contribution in [0.5, 0.6) is 0 Å². The molecule has 0 radical (unpaired) electrons. The lowest BCUT2D eigenvalue weighted by Crippen LogP contribution is -2.44. The van der Waals surface area contributed by atoms with Gasteiger partial charge in [0.15, 0.2) is 0 Å². The van der Waals surface area contributed by atoms with Crippen LogP contribution in [0.2, 0.25) is 0 Å². The van der Waals surface area contributed by atoms with Crippen molar-refractivity contribution in [2.24, 2.45) is 0 Å². The topological polar surface area (TPSA) is 12.5 Å². The van der Waals surface area contributed by atoms with Crippen molar-refractivity contribution in [1.82, 2.24) is 4.90 Å². The minimum Gasteiger partial charge on any atom is -0.375 e. The molecule has 2 nitrogen and oxygen atoms in total. The van der Waals surface area contributed by atoms with Gasteiger partial charge in [0.2, 0.25) is 0 Å². The summed E-state index contributed by atoms with van der Waals surface area (Å²) in [5.74, 6) is 0. The molecule has 2 fully saturated rings. The van der Waals surface area contributed by atoms with Gasteiger partial charge in [-0.2, -0.15) is 0 Å². The largest absolute Gasteiger partial charge is 0.375 e. The average Bonchev–Trinajstić information content (AvgIpc) is 2.53. The fourth-order valence-corrected chi connectivity index (χ4v) is 2.62. The van der Waals surface area contributed by atoms with Gasteiger partial charge in [0.05, 0.1) is 5.60 Å². The molecule has 1 unspecified atom stereocenters. The first kappa shape index (κ1) is 9.47. The third-order valence-electron chi connectivity index (χ3n) is 3.33. The molecule has 2 aliphatic rings. The summed E-state index contributed by atoms with van der Waals surface area (Å²) >= 11 is 0. The van der Waals surface area contributed by atoms with E-state index in [0.29, 0.717) is 0 Å². The molecule has 13 heavy (non-hydrogen) atoms. The Kier molecular flexibility index (Phi) is 2.61. The van der Waals surface area contributed by atoms with Gasteiger partial charge < -0.3 is 9.64 Å². The molecule has 1 atom stereocenters. The summed E-state index contributed by atoms with van der Waals surface area (Å²) in [6.07, 6.45) is 5.26. The van der Waals surface area contributed by atoms with E-state index in [4.69, 9.17) is 4.74 Å². The van der Waals surface area contributed by atoms with Crippen molar-refractivity contribution in [1.29, 1.82) is 0 Å². The molecule has 2 rings (SSSR count). The summed E-state index contributed by atoms with van der Waals surface area (Å²) in [4.78, 5) is 2.66. The van der Waals surface area contributed by atoms with Crippen LogP contribution in [0.25, 0.3) is 0 Å². The Morgan fingerprint density at radius 1 is 1.23 bits per heavy atom. The van der Waals surface area contributed by atoms with Crippen molar-refractivity contribution < 1.29 is 4.74 Å². The Bertz CT molecular complexity index is 173. The monoisotopic (exact) mass is 183 g/mol. The lowest BCUT2D eigenvalue weighted by atomic mass is 9.93. The summed E-state index contributed by atoms with van der Waals surface area (Å²) in [5.41, 5.74) is 0.117. The summed E-state index contributed by atoms with van der Waals surface area (Å²) in [5, 5.41) is 0. The Balaban J connectivity index is 1.91. The Labute approximate surface area is 81.3 Å². The predicted molar refractivity (Wildman–Crippen MR) is 53.9 cm³/mol. The maximum Gasteiger partial charge on any atom is 0.0641 e. The number of nitrogens with zero attached hydrogens (tertiary/aromatic N) is 1. The molecule has 0 aromatic rings. The molecule has 0 bridgehead atoms. The number of rotatable bonds is 1. The highest BCUT2D eigenvalue weighted by atomic mass is 16.5. The zero-order valence-electron chi connectivity index (χ0n) is 8.88. The quantitative estimate of drug-likeness (QED) is 0.617. The van der Waals surface area contributed by atoms with Crippen LogP contribution in [-0.2, 0) is 4.74 Å². The highest BCUT2D eigenvalue weighted by Crippen LogP contribution is 2.29. The van der Waals surface area contributed by atoms with E-state index in [1.807, 2.05) is 0 Å². The van der Waals surface area contributed by atoms with Gasteiger partial charge in [-0.3, -0.25) is 0 Å². The molecule has 2 heterocycles. The van der Waals surface area contributed by atoms with Gasteiger partial charge >= 0.3 is 0 Å². The van der Waals surface area contributed by atoms with Gasteiger partial charge in [-0.1, -0.05) is 0 Å². The molecular formula is C11H21NO. The van der Waals surface area contributed by atoms with E-state index in [0.717, 1.165) is 12.6 Å². The minimum absolute atomic E-state index is 0.117. The number of hydrogen-bond acceptors (Lipinski definition) is 2. The van der Waals surface area contributed by atoms with Crippen molar-refractivity contribution in [2.75, 3.05) is 19.7 Å². The molecule has 76 valence electrons. The van der Waals surface area contributed by atoms with Gasteiger partial charge in [-0.15, -0.1) is 0 Å². The highest BCUT2D eigenvalue weighted by molar-refractivity contribution is 4.86. The maximum absolute atomic E-state index is 5.73. The standard InChI is InChI=1S/C11H21NO/c1-11(2)9-10(5-8-13-11)12-6-3-4-7-12/h10H,3-9H2,1-2H3. The van der Waals surface area contributed by atoms with Gasteiger partial charge in [-0.25, -0.2) is 0 Å². The Morgan fingerprint density at radius 2 is 1.92 bits per heavy atom. The number of ether oxygens (including phenoxy) is 1. The third-order valence-corrected chi connectivity index (χ3v) is 3.33. The molecule has 0 N–H and O–H groups in total.